The number of aliphatic hydroxyl groups is 1. The Morgan fingerprint density at radius 1 is 0.793 bits per heavy atom. The summed E-state index contributed by atoms with van der Waals surface area (Å²) in [5.41, 5.74) is 2.76. The van der Waals surface area contributed by atoms with Gasteiger partial charge in [-0.1, -0.05) is 71.7 Å². The van der Waals surface area contributed by atoms with Gasteiger partial charge in [0.1, 0.15) is 18.3 Å². The van der Waals surface area contributed by atoms with Crippen LogP contribution in [0.15, 0.2) is 85.5 Å². The van der Waals surface area contributed by atoms with Gasteiger partial charge in [-0.3, -0.25) is 0 Å². The second kappa shape index (κ2) is 8.37. The SMILES string of the molecule is OC(Cc1ccc(Cl)cc1)(Cn1cncn1)c1ccc(-c2ccc(Cl)cc2)cc1. The number of hydrogen-bond donors (Lipinski definition) is 1. The van der Waals surface area contributed by atoms with Crippen LogP contribution >= 0.6 is 23.2 Å². The minimum atomic E-state index is -1.15. The molecule has 146 valence electrons. The molecule has 0 aliphatic heterocycles. The van der Waals surface area contributed by atoms with Crippen LogP contribution in [0, 0.1) is 0 Å². The van der Waals surface area contributed by atoms with Crippen molar-refractivity contribution in [2.24, 2.45) is 0 Å². The zero-order valence-electron chi connectivity index (χ0n) is 15.5. The van der Waals surface area contributed by atoms with E-state index in [1.165, 1.54) is 6.33 Å². The largest absolute Gasteiger partial charge is 0.383 e. The molecular formula is C23H19Cl2N3O. The molecule has 3 aromatic carbocycles. The van der Waals surface area contributed by atoms with Gasteiger partial charge in [-0.05, 0) is 46.5 Å². The van der Waals surface area contributed by atoms with Gasteiger partial charge >= 0.3 is 0 Å². The highest BCUT2D eigenvalue weighted by atomic mass is 35.5. The van der Waals surface area contributed by atoms with Crippen LogP contribution in [0.1, 0.15) is 11.1 Å². The molecule has 0 amide bonds. The van der Waals surface area contributed by atoms with Crippen molar-refractivity contribution in [3.63, 3.8) is 0 Å². The maximum atomic E-state index is 11.6. The molecule has 4 rings (SSSR count). The molecule has 6 heteroatoms. The van der Waals surface area contributed by atoms with Gasteiger partial charge in [-0.25, -0.2) is 9.67 Å². The molecule has 0 radical (unpaired) electrons. The first kappa shape index (κ1) is 19.6. The Morgan fingerprint density at radius 3 is 1.90 bits per heavy atom. The van der Waals surface area contributed by atoms with E-state index in [4.69, 9.17) is 23.2 Å². The Kier molecular flexibility index (Phi) is 5.67. The number of halogens is 2. The van der Waals surface area contributed by atoms with Gasteiger partial charge in [-0.15, -0.1) is 0 Å². The van der Waals surface area contributed by atoms with E-state index in [0.29, 0.717) is 16.5 Å². The molecule has 0 fully saturated rings. The normalized spacial score (nSPS) is 13.2. The van der Waals surface area contributed by atoms with E-state index in [1.54, 1.807) is 11.0 Å². The molecule has 1 atom stereocenters. The number of rotatable bonds is 6. The lowest BCUT2D eigenvalue weighted by molar-refractivity contribution is 0.0151. The van der Waals surface area contributed by atoms with Gasteiger partial charge in [0.05, 0.1) is 6.54 Å². The molecule has 1 aromatic heterocycles. The lowest BCUT2D eigenvalue weighted by atomic mass is 9.86. The molecular weight excluding hydrogens is 405 g/mol. The lowest BCUT2D eigenvalue weighted by Gasteiger charge is -2.29. The van der Waals surface area contributed by atoms with Crippen molar-refractivity contribution in [3.05, 3.63) is 107 Å². The van der Waals surface area contributed by atoms with Crippen LogP contribution in [0.3, 0.4) is 0 Å². The summed E-state index contributed by atoms with van der Waals surface area (Å²) in [5.74, 6) is 0. The summed E-state index contributed by atoms with van der Waals surface area (Å²) in [5, 5.41) is 17.2. The van der Waals surface area contributed by atoms with Crippen LogP contribution in [-0.4, -0.2) is 19.9 Å². The smallest absolute Gasteiger partial charge is 0.137 e. The van der Waals surface area contributed by atoms with Crippen LogP contribution in [0.4, 0.5) is 0 Å². The fraction of sp³-hybridized carbons (Fsp3) is 0.130. The third-order valence-corrected chi connectivity index (χ3v) is 5.40. The summed E-state index contributed by atoms with van der Waals surface area (Å²) in [4.78, 5) is 3.99. The lowest BCUT2D eigenvalue weighted by Crippen LogP contribution is -2.34. The Hall–Kier alpha value is -2.66. The average Bonchev–Trinajstić information content (AvgIpc) is 3.23. The summed E-state index contributed by atoms with van der Waals surface area (Å²) >= 11 is 12.0. The topological polar surface area (TPSA) is 50.9 Å². The monoisotopic (exact) mass is 423 g/mol. The zero-order chi connectivity index (χ0) is 20.3. The molecule has 0 aliphatic carbocycles. The summed E-state index contributed by atoms with van der Waals surface area (Å²) < 4.78 is 1.64. The standard InChI is InChI=1S/C23H19Cl2N3O/c24-21-9-1-17(2-10-21)13-23(29,14-28-16-26-15-27-28)20-7-3-18(4-8-20)19-5-11-22(25)12-6-19/h1-12,15-16,29H,13-14H2. The number of benzene rings is 3. The molecule has 4 nitrogen and oxygen atoms in total. The minimum absolute atomic E-state index is 0.288. The van der Waals surface area contributed by atoms with Gasteiger partial charge < -0.3 is 5.11 Å². The number of aromatic nitrogens is 3. The Morgan fingerprint density at radius 2 is 1.34 bits per heavy atom. The van der Waals surface area contributed by atoms with Crippen LogP contribution in [0.25, 0.3) is 11.1 Å². The van der Waals surface area contributed by atoms with Gasteiger partial charge in [0.25, 0.3) is 0 Å². The molecule has 4 aromatic rings. The van der Waals surface area contributed by atoms with Crippen molar-refractivity contribution in [1.29, 1.82) is 0 Å². The van der Waals surface area contributed by atoms with E-state index in [2.05, 4.69) is 10.1 Å². The Labute approximate surface area is 179 Å². The first-order valence-electron chi connectivity index (χ1n) is 9.18. The van der Waals surface area contributed by atoms with Crippen molar-refractivity contribution < 1.29 is 5.11 Å². The highest BCUT2D eigenvalue weighted by Gasteiger charge is 2.31. The maximum absolute atomic E-state index is 11.6. The van der Waals surface area contributed by atoms with Crippen LogP contribution in [-0.2, 0) is 18.6 Å². The fourth-order valence-corrected chi connectivity index (χ4v) is 3.64. The summed E-state index contributed by atoms with van der Waals surface area (Å²) in [6, 6.07) is 23.1. The Bertz CT molecular complexity index is 1060. The first-order chi connectivity index (χ1) is 14.0. The fourth-order valence-electron chi connectivity index (χ4n) is 3.39. The van der Waals surface area contributed by atoms with Gasteiger partial charge in [0.2, 0.25) is 0 Å². The summed E-state index contributed by atoms with van der Waals surface area (Å²) in [6.07, 6.45) is 3.49. The highest BCUT2D eigenvalue weighted by molar-refractivity contribution is 6.30. The van der Waals surface area contributed by atoms with Gasteiger partial charge in [0, 0.05) is 16.5 Å². The van der Waals surface area contributed by atoms with E-state index in [1.807, 2.05) is 72.8 Å². The molecule has 1 N–H and O–H groups in total. The first-order valence-corrected chi connectivity index (χ1v) is 9.93. The third kappa shape index (κ3) is 4.67. The average molecular weight is 424 g/mol. The van der Waals surface area contributed by atoms with E-state index < -0.39 is 5.60 Å². The zero-order valence-corrected chi connectivity index (χ0v) is 17.1. The molecule has 29 heavy (non-hydrogen) atoms. The second-order valence-electron chi connectivity index (χ2n) is 7.01. The van der Waals surface area contributed by atoms with Gasteiger partial charge in [0.15, 0.2) is 0 Å². The molecule has 0 spiro atoms. The molecule has 0 saturated carbocycles. The summed E-state index contributed by atoms with van der Waals surface area (Å²) in [6.45, 7) is 0.288. The molecule has 1 heterocycles. The minimum Gasteiger partial charge on any atom is -0.383 e. The van der Waals surface area contributed by atoms with E-state index in [0.717, 1.165) is 22.3 Å². The molecule has 1 unspecified atom stereocenters. The van der Waals surface area contributed by atoms with Gasteiger partial charge in [-0.2, -0.15) is 5.10 Å². The van der Waals surface area contributed by atoms with Crippen LogP contribution < -0.4 is 0 Å². The quantitative estimate of drug-likeness (QED) is 0.452. The van der Waals surface area contributed by atoms with Crippen molar-refractivity contribution in [3.8, 4) is 11.1 Å². The number of hydrogen-bond acceptors (Lipinski definition) is 3. The maximum Gasteiger partial charge on any atom is 0.137 e. The van der Waals surface area contributed by atoms with E-state index in [9.17, 15) is 5.11 Å². The van der Waals surface area contributed by atoms with Crippen molar-refractivity contribution >= 4 is 23.2 Å². The molecule has 0 aliphatic rings. The summed E-state index contributed by atoms with van der Waals surface area (Å²) in [7, 11) is 0. The number of nitrogens with zero attached hydrogens (tertiary/aromatic N) is 3. The Balaban J connectivity index is 1.66. The van der Waals surface area contributed by atoms with Crippen LogP contribution in [0.5, 0.6) is 0 Å². The molecule has 0 saturated heterocycles. The van der Waals surface area contributed by atoms with Crippen molar-refractivity contribution in [2.75, 3.05) is 0 Å². The predicted octanol–water partition coefficient (Wildman–Crippen LogP) is 5.38. The van der Waals surface area contributed by atoms with Crippen LogP contribution in [0.2, 0.25) is 10.0 Å². The highest BCUT2D eigenvalue weighted by Crippen LogP contribution is 2.31. The second-order valence-corrected chi connectivity index (χ2v) is 7.89. The third-order valence-electron chi connectivity index (χ3n) is 4.90. The van der Waals surface area contributed by atoms with Crippen molar-refractivity contribution in [2.45, 2.75) is 18.6 Å². The predicted molar refractivity (Wildman–Crippen MR) is 116 cm³/mol. The van der Waals surface area contributed by atoms with E-state index >= 15 is 0 Å². The van der Waals surface area contributed by atoms with Crippen molar-refractivity contribution in [1.82, 2.24) is 14.8 Å². The van der Waals surface area contributed by atoms with E-state index in [-0.39, 0.29) is 6.54 Å². The molecule has 0 bridgehead atoms.